The molecular weight excluding hydrogens is 1630 g/mol. The van der Waals surface area contributed by atoms with Gasteiger partial charge in [0.25, 0.3) is 0 Å². The lowest BCUT2D eigenvalue weighted by Crippen LogP contribution is -2.43. The fraction of sp³-hybridized carbons (Fsp3) is 0.342. The molecule has 3 fully saturated rings. The maximum Gasteiger partial charge on any atom is 0.338 e. The lowest BCUT2D eigenvalue weighted by Gasteiger charge is -2.51. The molecule has 0 atom stereocenters. The molecule has 0 bridgehead atoms. The van der Waals surface area contributed by atoms with Gasteiger partial charge in [-0.2, -0.15) is 0 Å². The van der Waals surface area contributed by atoms with Gasteiger partial charge in [-0.15, -0.1) is 0 Å². The third kappa shape index (κ3) is 21.0. The summed E-state index contributed by atoms with van der Waals surface area (Å²) >= 11 is 0. The summed E-state index contributed by atoms with van der Waals surface area (Å²) in [7, 11) is 18.6. The molecule has 0 radical (unpaired) electrons. The molecule has 130 heavy (non-hydrogen) atoms. The highest BCUT2D eigenvalue weighted by Crippen LogP contribution is 2.59. The predicted octanol–water partition coefficient (Wildman–Crippen LogP) is 25.1. The summed E-state index contributed by atoms with van der Waals surface area (Å²) in [5, 5.41) is 0. The molecule has 12 aromatic rings. The Bertz CT molecular complexity index is 5240. The van der Waals surface area contributed by atoms with Crippen molar-refractivity contribution in [1.29, 1.82) is 0 Å². The Labute approximate surface area is 768 Å². The number of ether oxygens (including phenoxy) is 13. The van der Waals surface area contributed by atoms with Crippen molar-refractivity contribution in [1.82, 2.24) is 0 Å². The third-order valence-electron chi connectivity index (χ3n) is 28.4. The molecule has 3 aliphatic carbocycles. The zero-order valence-electron chi connectivity index (χ0n) is 78.6. The van der Waals surface area contributed by atoms with Crippen LogP contribution in [0.5, 0.6) is 63.2 Å². The number of rotatable bonds is 30. The first kappa shape index (κ1) is 94.7. The highest BCUT2D eigenvalue weighted by molar-refractivity contribution is 5.97. The Balaban J connectivity index is 0.000000167. The summed E-state index contributed by atoms with van der Waals surface area (Å²) in [6, 6.07) is 87.6. The van der Waals surface area contributed by atoms with E-state index in [1.807, 2.05) is 0 Å². The van der Waals surface area contributed by atoms with Crippen LogP contribution in [0.4, 0.5) is 0 Å². The average molecular weight is 1750 g/mol. The van der Waals surface area contributed by atoms with Crippen LogP contribution in [0, 0.1) is 44.9 Å². The summed E-state index contributed by atoms with van der Waals surface area (Å²) in [5.74, 6) is 9.52. The van der Waals surface area contributed by atoms with E-state index in [-0.39, 0.29) is 52.5 Å². The summed E-state index contributed by atoms with van der Waals surface area (Å²) < 4.78 is 71.2. The van der Waals surface area contributed by atoms with Crippen molar-refractivity contribution in [3.05, 3.63) is 361 Å². The van der Waals surface area contributed by atoms with Crippen molar-refractivity contribution in [3.63, 3.8) is 0 Å². The molecule has 0 spiro atoms. The lowest BCUT2D eigenvalue weighted by atomic mass is 9.53. The molecule has 0 N–H and O–H groups in total. The molecule has 678 valence electrons. The van der Waals surface area contributed by atoms with E-state index in [0.29, 0.717) is 62.5 Å². The first-order valence-electron chi connectivity index (χ1n) is 45.0. The third-order valence-corrected chi connectivity index (χ3v) is 28.4. The van der Waals surface area contributed by atoms with Crippen molar-refractivity contribution < 1.29 is 76.0 Å². The quantitative estimate of drug-likeness (QED) is 0.0307. The Kier molecular flexibility index (Phi) is 31.0. The number of esters is 2. The highest BCUT2D eigenvalue weighted by Gasteiger charge is 2.50. The molecule has 16 nitrogen and oxygen atoms in total. The van der Waals surface area contributed by atoms with Crippen LogP contribution in [0.2, 0.25) is 0 Å². The normalized spacial score (nSPS) is 15.0. The van der Waals surface area contributed by atoms with Crippen molar-refractivity contribution in [2.75, 3.05) is 78.2 Å². The van der Waals surface area contributed by atoms with Crippen molar-refractivity contribution in [3.8, 4) is 63.2 Å². The smallest absolute Gasteiger partial charge is 0.338 e. The van der Waals surface area contributed by atoms with Crippen molar-refractivity contribution in [2.24, 2.45) is 17.3 Å². The molecule has 0 aromatic heterocycles. The van der Waals surface area contributed by atoms with E-state index in [1.165, 1.54) is 70.2 Å². The van der Waals surface area contributed by atoms with E-state index >= 15 is 0 Å². The molecule has 12 aromatic carbocycles. The minimum Gasteiger partial charge on any atom is -0.497 e. The van der Waals surface area contributed by atoms with Crippen LogP contribution in [-0.2, 0) is 50.8 Å². The number of carbonyl (C=O) groups excluding carboxylic acids is 3. The van der Waals surface area contributed by atoms with E-state index in [9.17, 15) is 14.4 Å². The Morgan fingerprint density at radius 2 is 0.477 bits per heavy atom. The van der Waals surface area contributed by atoms with Crippen LogP contribution in [0.1, 0.15) is 205 Å². The second kappa shape index (κ2) is 42.5. The molecule has 0 amide bonds. The predicted molar refractivity (Wildman–Crippen MR) is 514 cm³/mol. The zero-order valence-corrected chi connectivity index (χ0v) is 78.6. The van der Waals surface area contributed by atoms with Gasteiger partial charge in [0, 0.05) is 33.6 Å². The fourth-order valence-corrected chi connectivity index (χ4v) is 20.6. The van der Waals surface area contributed by atoms with Crippen LogP contribution >= 0.6 is 0 Å². The van der Waals surface area contributed by atoms with Gasteiger partial charge >= 0.3 is 11.9 Å². The molecule has 16 heteroatoms. The van der Waals surface area contributed by atoms with Gasteiger partial charge in [0.1, 0.15) is 76.5 Å². The van der Waals surface area contributed by atoms with E-state index in [1.54, 1.807) is 169 Å². The number of benzene rings is 12. The van der Waals surface area contributed by atoms with Crippen LogP contribution in [0.25, 0.3) is 0 Å². The first-order valence-corrected chi connectivity index (χ1v) is 45.0. The topological polar surface area (TPSA) is 171 Å². The number of carbonyl (C=O) groups is 3. The van der Waals surface area contributed by atoms with Gasteiger partial charge in [0.05, 0.1) is 89.3 Å². The van der Waals surface area contributed by atoms with Gasteiger partial charge in [-0.3, -0.25) is 4.79 Å². The summed E-state index contributed by atoms with van der Waals surface area (Å²) in [6.07, 6.45) is 13.6. The lowest BCUT2D eigenvalue weighted by molar-refractivity contribution is 0.0364. The minimum atomic E-state index is -0.500. The number of Topliss-reactive ketones (excluding diaryl/α,β-unsaturated/α-hetero) is 1. The van der Waals surface area contributed by atoms with E-state index in [2.05, 4.69) is 211 Å². The van der Waals surface area contributed by atoms with Crippen LogP contribution in [0.15, 0.2) is 261 Å². The zero-order chi connectivity index (χ0) is 92.3. The van der Waals surface area contributed by atoms with Crippen LogP contribution in [0.3, 0.4) is 0 Å². The molecule has 0 saturated heterocycles. The number of hydrogen-bond acceptors (Lipinski definition) is 16. The Morgan fingerprint density at radius 3 is 0.708 bits per heavy atom. The second-order valence-electron chi connectivity index (χ2n) is 35.4. The Morgan fingerprint density at radius 1 is 0.262 bits per heavy atom. The number of ketones is 1. The van der Waals surface area contributed by atoms with Crippen molar-refractivity contribution >= 4 is 17.7 Å². The number of hydrogen-bond donors (Lipinski definition) is 0. The number of aryl methyl sites for hydroxylation is 4. The van der Waals surface area contributed by atoms with E-state index in [0.717, 1.165) is 120 Å². The Hall–Kier alpha value is -13.0. The molecule has 0 unspecified atom stereocenters. The van der Waals surface area contributed by atoms with Crippen LogP contribution in [-0.4, -0.2) is 95.9 Å². The summed E-state index contributed by atoms with van der Waals surface area (Å²) in [4.78, 5) is 38.2. The molecular formula is C114H126O16. The summed E-state index contributed by atoms with van der Waals surface area (Å²) in [5.41, 5.74) is 18.9. The molecule has 3 saturated carbocycles. The number of methoxy groups -OCH3 is 11. The maximum absolute atomic E-state index is 13.0. The molecule has 0 aliphatic heterocycles. The van der Waals surface area contributed by atoms with Gasteiger partial charge in [-0.1, -0.05) is 123 Å². The average Bonchev–Trinajstić information content (AvgIpc) is 0.720. The SMILES string of the molecule is COc1ccc(C(=O)Cc2cc(COC(=O)c3ccc(OC)cc3)cc(COC(=O)c3ccc(OC)cc3)c2)cc1.COc1ccc(C2(c3ccc(OC)c(C)c3)CCC(c3ccc(OC)c(C)c3)(c3ccc(OC)c(C)c3)CC2)cc1C.COc1ccc(C2(c3ccc(OC)cc3)CCC(C(C)(C)C3CCC(c4ccc(OC)cc4)(c4ccc(OC)cc4)CC3)CC2)cc1. The minimum absolute atomic E-state index is 0.00439. The standard InChI is InChI=1S/C43H52O4.C38H44O4.C33H30O8/c1-41(2,31-23-27-42(28-24-31,33-7-15-37(44-3)16-8-33)34-9-17-38(45-4)18-10-34)32-25-29-43(30-26-32,35-11-19-39(46-5)20-12-35)36-13-21-40(47-6)22-14-36;1-25-21-29(9-13-33(25)39-5)37(30-10-14-34(40-6)26(2)22-30)17-19-38(20-18-37,31-11-15-35(41-7)27(3)23-31)32-12-16-36(42-8)28(4)24-32;1-37-28-10-4-25(5-11-28)31(34)19-22-16-23(20-40-32(35)26-6-12-29(38-2)13-7-26)18-24(17-22)21-41-33(36)27-8-14-30(39-3)15-9-27/h7-22,31-32H,23-30H2,1-6H3;9-16,21-24H,17-20H2,1-8H3;4-18H,19-21H2,1-3H3. The van der Waals surface area contributed by atoms with Crippen LogP contribution < -0.4 is 52.1 Å². The molecule has 0 heterocycles. The van der Waals surface area contributed by atoms with Gasteiger partial charge < -0.3 is 61.6 Å². The fourth-order valence-electron chi connectivity index (χ4n) is 20.6. The second-order valence-corrected chi connectivity index (χ2v) is 35.4. The van der Waals surface area contributed by atoms with Crippen molar-refractivity contribution in [2.45, 2.75) is 160 Å². The first-order chi connectivity index (χ1) is 62.9. The summed E-state index contributed by atoms with van der Waals surface area (Å²) in [6.45, 7) is 13.6. The van der Waals surface area contributed by atoms with Gasteiger partial charge in [-0.05, 0) is 357 Å². The molecule has 3 aliphatic rings. The van der Waals surface area contributed by atoms with Gasteiger partial charge in [0.2, 0.25) is 0 Å². The monoisotopic (exact) mass is 1750 g/mol. The maximum atomic E-state index is 13.0. The van der Waals surface area contributed by atoms with E-state index in [4.69, 9.17) is 61.6 Å². The van der Waals surface area contributed by atoms with Gasteiger partial charge in [0.15, 0.2) is 5.78 Å². The largest absolute Gasteiger partial charge is 0.497 e. The van der Waals surface area contributed by atoms with Gasteiger partial charge in [-0.25, -0.2) is 9.59 Å². The molecule has 15 rings (SSSR count). The van der Waals surface area contributed by atoms with E-state index < -0.39 is 11.9 Å². The highest BCUT2D eigenvalue weighted by atomic mass is 16.5.